The molecule has 0 aromatic carbocycles. The molecule has 0 saturated carbocycles. The summed E-state index contributed by atoms with van der Waals surface area (Å²) in [7, 11) is 1.77. The minimum atomic E-state index is -0.0227. The fourth-order valence-corrected chi connectivity index (χ4v) is 2.53. The minimum Gasteiger partial charge on any atom is -0.398 e. The zero-order valence-electron chi connectivity index (χ0n) is 10.4. The third-order valence-corrected chi connectivity index (χ3v) is 3.69. The lowest BCUT2D eigenvalue weighted by Crippen LogP contribution is -2.25. The monoisotopic (exact) mass is 261 g/mol. The topological polar surface area (TPSA) is 59.2 Å². The number of hydrogen-bond acceptors (Lipinski definition) is 4. The van der Waals surface area contributed by atoms with E-state index in [1.807, 2.05) is 25.1 Å². The fraction of sp³-hybridized carbons (Fsp3) is 0.231. The molecule has 18 heavy (non-hydrogen) atoms. The highest BCUT2D eigenvalue weighted by Crippen LogP contribution is 2.24. The molecule has 0 radical (unpaired) electrons. The van der Waals surface area contributed by atoms with Gasteiger partial charge in [0.2, 0.25) is 0 Å². The maximum Gasteiger partial charge on any atom is 0.264 e. The van der Waals surface area contributed by atoms with Gasteiger partial charge in [-0.15, -0.1) is 11.3 Å². The molecule has 94 valence electrons. The molecule has 4 nitrogen and oxygen atoms in total. The van der Waals surface area contributed by atoms with Crippen LogP contribution in [0.4, 0.5) is 5.69 Å². The highest BCUT2D eigenvalue weighted by atomic mass is 32.1. The Bertz CT molecular complexity index is 531. The first-order chi connectivity index (χ1) is 8.58. The molecule has 2 heterocycles. The number of nitrogens with zero attached hydrogens (tertiary/aromatic N) is 2. The minimum absolute atomic E-state index is 0.0227. The van der Waals surface area contributed by atoms with E-state index in [4.69, 9.17) is 5.73 Å². The summed E-state index contributed by atoms with van der Waals surface area (Å²) in [4.78, 5) is 19.7. The standard InChI is InChI=1S/C13H15N3OS/c1-9-11(14)7-12(18-9)13(17)16(2)8-10-5-3-4-6-15-10/h3-7H,8,14H2,1-2H3. The van der Waals surface area contributed by atoms with Crippen LogP contribution in [0.15, 0.2) is 30.5 Å². The van der Waals surface area contributed by atoms with Gasteiger partial charge in [-0.25, -0.2) is 0 Å². The first kappa shape index (κ1) is 12.6. The van der Waals surface area contributed by atoms with E-state index in [9.17, 15) is 4.79 Å². The molecule has 2 aromatic heterocycles. The van der Waals surface area contributed by atoms with Crippen LogP contribution >= 0.6 is 11.3 Å². The van der Waals surface area contributed by atoms with Crippen molar-refractivity contribution in [1.82, 2.24) is 9.88 Å². The Morgan fingerprint density at radius 3 is 2.83 bits per heavy atom. The quantitative estimate of drug-likeness (QED) is 0.922. The molecule has 0 aliphatic rings. The third kappa shape index (κ3) is 2.68. The van der Waals surface area contributed by atoms with E-state index in [0.29, 0.717) is 17.1 Å². The van der Waals surface area contributed by atoms with Crippen LogP contribution in [0.25, 0.3) is 0 Å². The lowest BCUT2D eigenvalue weighted by molar-refractivity contribution is 0.0788. The maximum atomic E-state index is 12.2. The van der Waals surface area contributed by atoms with Gasteiger partial charge in [0.25, 0.3) is 5.91 Å². The molecule has 0 bridgehead atoms. The number of rotatable bonds is 3. The molecule has 0 aliphatic carbocycles. The summed E-state index contributed by atoms with van der Waals surface area (Å²) in [5.74, 6) is -0.0227. The van der Waals surface area contributed by atoms with Crippen LogP contribution in [0.3, 0.4) is 0 Å². The van der Waals surface area contributed by atoms with Gasteiger partial charge in [0.05, 0.1) is 17.1 Å². The molecule has 2 aromatic rings. The number of anilines is 1. The summed E-state index contributed by atoms with van der Waals surface area (Å²) in [6.45, 7) is 2.41. The lowest BCUT2D eigenvalue weighted by atomic mass is 10.3. The maximum absolute atomic E-state index is 12.2. The van der Waals surface area contributed by atoms with Crippen molar-refractivity contribution in [2.24, 2.45) is 0 Å². The largest absolute Gasteiger partial charge is 0.398 e. The first-order valence-corrected chi connectivity index (χ1v) is 6.41. The predicted octanol–water partition coefficient (Wildman–Crippen LogP) is 2.31. The molecule has 0 aliphatic heterocycles. The highest BCUT2D eigenvalue weighted by molar-refractivity contribution is 7.14. The van der Waals surface area contributed by atoms with Gasteiger partial charge >= 0.3 is 0 Å². The van der Waals surface area contributed by atoms with Crippen molar-refractivity contribution in [3.8, 4) is 0 Å². The molecule has 0 saturated heterocycles. The number of pyridine rings is 1. The van der Waals surface area contributed by atoms with Crippen molar-refractivity contribution in [2.45, 2.75) is 13.5 Å². The number of carbonyl (C=O) groups is 1. The predicted molar refractivity (Wildman–Crippen MR) is 73.5 cm³/mol. The van der Waals surface area contributed by atoms with Gasteiger partial charge in [-0.2, -0.15) is 0 Å². The molecule has 2 rings (SSSR count). The zero-order valence-corrected chi connectivity index (χ0v) is 11.2. The van der Waals surface area contributed by atoms with Gasteiger partial charge in [0.15, 0.2) is 0 Å². The number of nitrogens with two attached hydrogens (primary N) is 1. The molecule has 0 spiro atoms. The molecule has 5 heteroatoms. The van der Waals surface area contributed by atoms with Crippen LogP contribution in [-0.4, -0.2) is 22.8 Å². The van der Waals surface area contributed by atoms with Crippen LogP contribution in [0.2, 0.25) is 0 Å². The fourth-order valence-electron chi connectivity index (χ4n) is 1.60. The number of thiophene rings is 1. The van der Waals surface area contributed by atoms with Crippen LogP contribution < -0.4 is 5.73 Å². The Hall–Kier alpha value is -1.88. The second kappa shape index (κ2) is 5.18. The molecule has 0 atom stereocenters. The van der Waals surface area contributed by atoms with E-state index in [2.05, 4.69) is 4.98 Å². The molecule has 0 unspecified atom stereocenters. The zero-order chi connectivity index (χ0) is 13.1. The third-order valence-electron chi connectivity index (χ3n) is 2.64. The van der Waals surface area contributed by atoms with Crippen molar-refractivity contribution in [2.75, 3.05) is 12.8 Å². The normalized spacial score (nSPS) is 10.3. The van der Waals surface area contributed by atoms with Gasteiger partial charge in [0.1, 0.15) is 0 Å². The Morgan fingerprint density at radius 1 is 1.50 bits per heavy atom. The van der Waals surface area contributed by atoms with Gasteiger partial charge < -0.3 is 10.6 Å². The van der Waals surface area contributed by atoms with Gasteiger partial charge in [-0.05, 0) is 25.1 Å². The summed E-state index contributed by atoms with van der Waals surface area (Å²) >= 11 is 1.42. The first-order valence-electron chi connectivity index (χ1n) is 5.59. The number of aromatic nitrogens is 1. The van der Waals surface area contributed by atoms with Crippen molar-refractivity contribution in [3.63, 3.8) is 0 Å². The van der Waals surface area contributed by atoms with Gasteiger partial charge in [-0.3, -0.25) is 9.78 Å². The average molecular weight is 261 g/mol. The van der Waals surface area contributed by atoms with Crippen LogP contribution in [0, 0.1) is 6.92 Å². The molecular formula is C13H15N3OS. The second-order valence-electron chi connectivity index (χ2n) is 4.10. The summed E-state index contributed by atoms with van der Waals surface area (Å²) in [5, 5.41) is 0. The Balaban J connectivity index is 2.09. The molecular weight excluding hydrogens is 246 g/mol. The Kier molecular flexibility index (Phi) is 3.62. The van der Waals surface area contributed by atoms with Gasteiger partial charge in [0, 0.05) is 23.8 Å². The van der Waals surface area contributed by atoms with Crippen LogP contribution in [-0.2, 0) is 6.54 Å². The van der Waals surface area contributed by atoms with E-state index in [-0.39, 0.29) is 5.91 Å². The summed E-state index contributed by atoms with van der Waals surface area (Å²) in [6.07, 6.45) is 1.72. The van der Waals surface area contributed by atoms with Crippen molar-refractivity contribution >= 4 is 22.9 Å². The number of nitrogen functional groups attached to an aromatic ring is 1. The summed E-state index contributed by atoms with van der Waals surface area (Å²) < 4.78 is 0. The number of carbonyl (C=O) groups excluding carboxylic acids is 1. The Morgan fingerprint density at radius 2 is 2.28 bits per heavy atom. The Labute approximate surface area is 110 Å². The van der Waals surface area contributed by atoms with Crippen molar-refractivity contribution in [3.05, 3.63) is 45.9 Å². The highest BCUT2D eigenvalue weighted by Gasteiger charge is 2.15. The van der Waals surface area contributed by atoms with Crippen molar-refractivity contribution in [1.29, 1.82) is 0 Å². The number of hydrogen-bond donors (Lipinski definition) is 1. The molecule has 0 fully saturated rings. The van der Waals surface area contributed by atoms with Crippen molar-refractivity contribution < 1.29 is 4.79 Å². The average Bonchev–Trinajstić information content (AvgIpc) is 2.70. The summed E-state index contributed by atoms with van der Waals surface area (Å²) in [5.41, 5.74) is 7.30. The van der Waals surface area contributed by atoms with E-state index in [1.165, 1.54) is 11.3 Å². The SMILES string of the molecule is Cc1sc(C(=O)N(C)Cc2ccccn2)cc1N. The van der Waals surface area contributed by atoms with E-state index in [0.717, 1.165) is 10.6 Å². The van der Waals surface area contributed by atoms with Crippen LogP contribution in [0.1, 0.15) is 20.2 Å². The van der Waals surface area contributed by atoms with E-state index >= 15 is 0 Å². The van der Waals surface area contributed by atoms with E-state index in [1.54, 1.807) is 24.2 Å². The van der Waals surface area contributed by atoms with Crippen LogP contribution in [0.5, 0.6) is 0 Å². The second-order valence-corrected chi connectivity index (χ2v) is 5.36. The molecule has 2 N–H and O–H groups in total. The number of amides is 1. The molecule has 1 amide bonds. The van der Waals surface area contributed by atoms with E-state index < -0.39 is 0 Å². The summed E-state index contributed by atoms with van der Waals surface area (Å²) in [6, 6.07) is 7.40. The van der Waals surface area contributed by atoms with Gasteiger partial charge in [-0.1, -0.05) is 6.07 Å². The smallest absolute Gasteiger partial charge is 0.264 e. The number of aryl methyl sites for hydroxylation is 1. The lowest BCUT2D eigenvalue weighted by Gasteiger charge is -2.15.